The van der Waals surface area contributed by atoms with Crippen LogP contribution in [0.5, 0.6) is 0 Å². The van der Waals surface area contributed by atoms with Gasteiger partial charge in [0.25, 0.3) is 5.91 Å². The lowest BCUT2D eigenvalue weighted by Gasteiger charge is -2.16. The van der Waals surface area contributed by atoms with E-state index in [0.717, 1.165) is 5.69 Å². The quantitative estimate of drug-likeness (QED) is 0.787. The van der Waals surface area contributed by atoms with E-state index in [1.807, 2.05) is 25.1 Å². The topological polar surface area (TPSA) is 58.6 Å². The first-order valence-corrected chi connectivity index (χ1v) is 8.28. The van der Waals surface area contributed by atoms with Gasteiger partial charge in [0.1, 0.15) is 0 Å². The fourth-order valence-corrected chi connectivity index (χ4v) is 2.36. The Kier molecular flexibility index (Phi) is 6.28. The molecule has 1 atom stereocenters. The number of nitrogens with one attached hydrogen (secondary N) is 1. The number of amides is 1. The summed E-state index contributed by atoms with van der Waals surface area (Å²) in [4.78, 5) is 26.3. The predicted octanol–water partition coefficient (Wildman–Crippen LogP) is 4.24. The van der Waals surface area contributed by atoms with Crippen molar-refractivity contribution >= 4 is 46.5 Å². The Morgan fingerprint density at radius 2 is 1.84 bits per heavy atom. The summed E-state index contributed by atoms with van der Waals surface area (Å²) in [7, 11) is 3.74. The average molecular weight is 381 g/mol. The van der Waals surface area contributed by atoms with Crippen LogP contribution in [0, 0.1) is 0 Å². The lowest BCUT2D eigenvalue weighted by atomic mass is 10.2. The Bertz CT molecular complexity index is 794. The molecule has 2 aromatic carbocycles. The van der Waals surface area contributed by atoms with E-state index in [2.05, 4.69) is 5.32 Å². The van der Waals surface area contributed by atoms with Gasteiger partial charge in [0.15, 0.2) is 6.10 Å². The Labute approximate surface area is 156 Å². The highest BCUT2D eigenvalue weighted by Crippen LogP contribution is 2.25. The van der Waals surface area contributed by atoms with Gasteiger partial charge in [0.05, 0.1) is 16.3 Å². The van der Waals surface area contributed by atoms with Crippen LogP contribution in [0.4, 0.5) is 11.4 Å². The summed E-state index contributed by atoms with van der Waals surface area (Å²) >= 11 is 11.9. The number of anilines is 2. The van der Waals surface area contributed by atoms with Crippen LogP contribution in [-0.2, 0) is 9.53 Å². The molecule has 0 heterocycles. The third-order valence-corrected chi connectivity index (χ3v) is 4.00. The zero-order valence-electron chi connectivity index (χ0n) is 14.0. The number of carbonyl (C=O) groups excluding carboxylic acids is 2. The van der Waals surface area contributed by atoms with Crippen molar-refractivity contribution in [2.75, 3.05) is 24.3 Å². The molecule has 0 fully saturated rings. The van der Waals surface area contributed by atoms with Crippen LogP contribution >= 0.6 is 23.2 Å². The number of hydrogen-bond donors (Lipinski definition) is 1. The Morgan fingerprint density at radius 1 is 1.12 bits per heavy atom. The van der Waals surface area contributed by atoms with Gasteiger partial charge < -0.3 is 15.0 Å². The Balaban J connectivity index is 2.04. The minimum absolute atomic E-state index is 0.343. The van der Waals surface area contributed by atoms with Crippen molar-refractivity contribution < 1.29 is 14.3 Å². The maximum absolute atomic E-state index is 12.2. The van der Waals surface area contributed by atoms with E-state index in [1.165, 1.54) is 13.0 Å². The molecular weight excluding hydrogens is 363 g/mol. The molecule has 0 spiro atoms. The van der Waals surface area contributed by atoms with Crippen LogP contribution in [0.25, 0.3) is 0 Å². The first kappa shape index (κ1) is 19.1. The molecule has 0 saturated heterocycles. The van der Waals surface area contributed by atoms with Gasteiger partial charge in [-0.15, -0.1) is 0 Å². The molecule has 0 unspecified atom stereocenters. The highest BCUT2D eigenvalue weighted by atomic mass is 35.5. The molecule has 25 heavy (non-hydrogen) atoms. The second-order valence-electron chi connectivity index (χ2n) is 5.61. The summed E-state index contributed by atoms with van der Waals surface area (Å²) in [6, 6.07) is 11.7. The summed E-state index contributed by atoms with van der Waals surface area (Å²) < 4.78 is 5.23. The maximum Gasteiger partial charge on any atom is 0.338 e. The van der Waals surface area contributed by atoms with Crippen molar-refractivity contribution in [1.82, 2.24) is 0 Å². The van der Waals surface area contributed by atoms with Gasteiger partial charge in [0, 0.05) is 24.8 Å². The third-order valence-electron chi connectivity index (χ3n) is 3.44. The van der Waals surface area contributed by atoms with Gasteiger partial charge >= 0.3 is 5.97 Å². The number of halogens is 2. The fourth-order valence-electron chi connectivity index (χ4n) is 2.02. The van der Waals surface area contributed by atoms with Crippen LogP contribution < -0.4 is 10.2 Å². The fraction of sp³-hybridized carbons (Fsp3) is 0.222. The number of carbonyl (C=O) groups is 2. The number of esters is 1. The molecule has 1 N–H and O–H groups in total. The smallest absolute Gasteiger partial charge is 0.338 e. The number of hydrogen-bond acceptors (Lipinski definition) is 4. The molecule has 0 aliphatic rings. The SMILES string of the molecule is C[C@@H](OC(=O)c1cccc(N(C)C)c1)C(=O)Nc1cc(Cl)ccc1Cl. The minimum Gasteiger partial charge on any atom is -0.449 e. The van der Waals surface area contributed by atoms with Gasteiger partial charge in [-0.3, -0.25) is 4.79 Å². The van der Waals surface area contributed by atoms with Crippen molar-refractivity contribution in [1.29, 1.82) is 0 Å². The van der Waals surface area contributed by atoms with Crippen molar-refractivity contribution in [2.24, 2.45) is 0 Å². The normalized spacial score (nSPS) is 11.6. The molecule has 0 aliphatic heterocycles. The summed E-state index contributed by atoms with van der Waals surface area (Å²) in [5, 5.41) is 3.37. The van der Waals surface area contributed by atoms with E-state index in [9.17, 15) is 9.59 Å². The van der Waals surface area contributed by atoms with Gasteiger partial charge in [-0.2, -0.15) is 0 Å². The molecule has 0 saturated carbocycles. The van der Waals surface area contributed by atoms with Crippen molar-refractivity contribution in [2.45, 2.75) is 13.0 Å². The van der Waals surface area contributed by atoms with E-state index in [0.29, 0.717) is 21.3 Å². The molecule has 2 aromatic rings. The van der Waals surface area contributed by atoms with Gasteiger partial charge in [0.2, 0.25) is 0 Å². The molecule has 1 amide bonds. The Hall–Kier alpha value is -2.24. The first-order valence-electron chi connectivity index (χ1n) is 7.52. The van der Waals surface area contributed by atoms with Crippen molar-refractivity contribution in [3.05, 3.63) is 58.1 Å². The molecule has 0 bridgehead atoms. The van der Waals surface area contributed by atoms with E-state index < -0.39 is 18.0 Å². The zero-order chi connectivity index (χ0) is 18.6. The minimum atomic E-state index is -0.995. The lowest BCUT2D eigenvalue weighted by Crippen LogP contribution is -2.30. The number of rotatable bonds is 5. The van der Waals surface area contributed by atoms with Gasteiger partial charge in [-0.1, -0.05) is 29.3 Å². The van der Waals surface area contributed by atoms with Gasteiger partial charge in [-0.05, 0) is 43.3 Å². The van der Waals surface area contributed by atoms with Crippen LogP contribution in [0.2, 0.25) is 10.0 Å². The van der Waals surface area contributed by atoms with Crippen LogP contribution in [0.3, 0.4) is 0 Å². The zero-order valence-corrected chi connectivity index (χ0v) is 15.6. The lowest BCUT2D eigenvalue weighted by molar-refractivity contribution is -0.123. The molecule has 132 valence electrons. The maximum atomic E-state index is 12.2. The molecule has 0 aliphatic carbocycles. The molecular formula is C18H18Cl2N2O3. The standard InChI is InChI=1S/C18H18Cl2N2O3/c1-11(17(23)21-16-10-13(19)7-8-15(16)20)25-18(24)12-5-4-6-14(9-12)22(2)3/h4-11H,1-3H3,(H,21,23)/t11-/m1/s1. The molecule has 7 heteroatoms. The van der Waals surface area contributed by atoms with E-state index in [1.54, 1.807) is 30.3 Å². The number of nitrogens with zero attached hydrogens (tertiary/aromatic N) is 1. The van der Waals surface area contributed by atoms with E-state index >= 15 is 0 Å². The highest BCUT2D eigenvalue weighted by molar-refractivity contribution is 6.35. The second kappa shape index (κ2) is 8.23. The molecule has 5 nitrogen and oxygen atoms in total. The predicted molar refractivity (Wildman–Crippen MR) is 101 cm³/mol. The number of benzene rings is 2. The highest BCUT2D eigenvalue weighted by Gasteiger charge is 2.20. The van der Waals surface area contributed by atoms with Gasteiger partial charge in [-0.25, -0.2) is 4.79 Å². The van der Waals surface area contributed by atoms with E-state index in [4.69, 9.17) is 27.9 Å². The van der Waals surface area contributed by atoms with Crippen LogP contribution in [-0.4, -0.2) is 32.1 Å². The second-order valence-corrected chi connectivity index (χ2v) is 6.45. The summed E-state index contributed by atoms with van der Waals surface area (Å²) in [6.07, 6.45) is -0.995. The molecule has 0 aromatic heterocycles. The molecule has 0 radical (unpaired) electrons. The molecule has 2 rings (SSSR count). The third kappa shape index (κ3) is 5.11. The largest absolute Gasteiger partial charge is 0.449 e. The van der Waals surface area contributed by atoms with E-state index in [-0.39, 0.29) is 0 Å². The van der Waals surface area contributed by atoms with Crippen molar-refractivity contribution in [3.8, 4) is 0 Å². The van der Waals surface area contributed by atoms with Crippen molar-refractivity contribution in [3.63, 3.8) is 0 Å². The number of ether oxygens (including phenoxy) is 1. The average Bonchev–Trinajstić information content (AvgIpc) is 2.58. The summed E-state index contributed by atoms with van der Waals surface area (Å²) in [5.74, 6) is -1.08. The van der Waals surface area contributed by atoms with Crippen LogP contribution in [0.15, 0.2) is 42.5 Å². The summed E-state index contributed by atoms with van der Waals surface area (Å²) in [6.45, 7) is 1.49. The monoisotopic (exact) mass is 380 g/mol. The van der Waals surface area contributed by atoms with Crippen LogP contribution in [0.1, 0.15) is 17.3 Å². The first-order chi connectivity index (χ1) is 11.8. The summed E-state index contributed by atoms with van der Waals surface area (Å²) in [5.41, 5.74) is 1.58. The Morgan fingerprint density at radius 3 is 2.52 bits per heavy atom.